The fourth-order valence-electron chi connectivity index (χ4n) is 1.54. The molecule has 0 aliphatic carbocycles. The van der Waals surface area contributed by atoms with Crippen molar-refractivity contribution < 1.29 is 13.9 Å². The number of furan rings is 1. The number of nitriles is 1. The fourth-order valence-corrected chi connectivity index (χ4v) is 1.54. The molecule has 5 nitrogen and oxygen atoms in total. The van der Waals surface area contributed by atoms with Gasteiger partial charge in [0.25, 0.3) is 5.91 Å². The summed E-state index contributed by atoms with van der Waals surface area (Å²) >= 11 is 0. The highest BCUT2D eigenvalue weighted by atomic mass is 16.5. The van der Waals surface area contributed by atoms with Gasteiger partial charge >= 0.3 is 0 Å². The molecule has 0 unspecified atom stereocenters. The number of methoxy groups -OCH3 is 1. The first-order chi connectivity index (χ1) is 9.72. The van der Waals surface area contributed by atoms with E-state index in [0.717, 1.165) is 0 Å². The van der Waals surface area contributed by atoms with Gasteiger partial charge in [-0.05, 0) is 36.4 Å². The molecule has 0 bridgehead atoms. The van der Waals surface area contributed by atoms with Crippen LogP contribution in [0.2, 0.25) is 0 Å². The number of nitrogens with zero attached hydrogens (tertiary/aromatic N) is 1. The number of hydrogen-bond donors (Lipinski definition) is 1. The largest absolute Gasteiger partial charge is 0.497 e. The highest BCUT2D eigenvalue weighted by Crippen LogP contribution is 2.16. The smallest absolute Gasteiger partial charge is 0.266 e. The van der Waals surface area contributed by atoms with Crippen molar-refractivity contribution in [3.05, 3.63) is 54.0 Å². The summed E-state index contributed by atoms with van der Waals surface area (Å²) in [6.45, 7) is 0. The summed E-state index contributed by atoms with van der Waals surface area (Å²) < 4.78 is 10.1. The van der Waals surface area contributed by atoms with Crippen molar-refractivity contribution in [2.75, 3.05) is 12.4 Å². The van der Waals surface area contributed by atoms with E-state index in [4.69, 9.17) is 14.4 Å². The molecule has 0 saturated carbocycles. The first-order valence-corrected chi connectivity index (χ1v) is 5.83. The SMILES string of the molecule is COc1ccc(NC(=O)/C(C#N)=C/c2ccco2)cc1. The number of rotatable bonds is 4. The minimum atomic E-state index is -0.492. The second-order valence-corrected chi connectivity index (χ2v) is 3.87. The van der Waals surface area contributed by atoms with E-state index in [2.05, 4.69) is 5.32 Å². The topological polar surface area (TPSA) is 75.3 Å². The summed E-state index contributed by atoms with van der Waals surface area (Å²) in [5.41, 5.74) is 0.548. The zero-order valence-corrected chi connectivity index (χ0v) is 10.8. The Labute approximate surface area is 116 Å². The van der Waals surface area contributed by atoms with Gasteiger partial charge < -0.3 is 14.5 Å². The van der Waals surface area contributed by atoms with Gasteiger partial charge in [-0.1, -0.05) is 0 Å². The molecule has 2 rings (SSSR count). The van der Waals surface area contributed by atoms with E-state index in [-0.39, 0.29) is 5.57 Å². The molecule has 1 aromatic heterocycles. The van der Waals surface area contributed by atoms with E-state index in [1.54, 1.807) is 43.5 Å². The Hall–Kier alpha value is -3.00. The van der Waals surface area contributed by atoms with E-state index in [1.807, 2.05) is 6.07 Å². The summed E-state index contributed by atoms with van der Waals surface area (Å²) in [7, 11) is 1.56. The molecule has 1 N–H and O–H groups in total. The quantitative estimate of drug-likeness (QED) is 0.683. The van der Waals surface area contributed by atoms with Gasteiger partial charge in [-0.25, -0.2) is 0 Å². The number of nitrogens with one attached hydrogen (secondary N) is 1. The average molecular weight is 268 g/mol. The molecule has 0 fully saturated rings. The minimum Gasteiger partial charge on any atom is -0.497 e. The van der Waals surface area contributed by atoms with Gasteiger partial charge in [0.1, 0.15) is 23.2 Å². The van der Waals surface area contributed by atoms with Crippen LogP contribution in [-0.4, -0.2) is 13.0 Å². The molecule has 0 saturated heterocycles. The molecule has 0 aliphatic heterocycles. The molecule has 1 amide bonds. The zero-order chi connectivity index (χ0) is 14.4. The Kier molecular flexibility index (Phi) is 4.20. The van der Waals surface area contributed by atoms with Crippen molar-refractivity contribution in [2.24, 2.45) is 0 Å². The van der Waals surface area contributed by atoms with E-state index >= 15 is 0 Å². The Morgan fingerprint density at radius 1 is 1.35 bits per heavy atom. The fraction of sp³-hybridized carbons (Fsp3) is 0.0667. The Morgan fingerprint density at radius 3 is 2.65 bits per heavy atom. The second-order valence-electron chi connectivity index (χ2n) is 3.87. The van der Waals surface area contributed by atoms with E-state index in [0.29, 0.717) is 17.2 Å². The monoisotopic (exact) mass is 268 g/mol. The number of hydrogen-bond acceptors (Lipinski definition) is 4. The molecule has 2 aromatic rings. The van der Waals surface area contributed by atoms with Crippen LogP contribution in [0, 0.1) is 11.3 Å². The van der Waals surface area contributed by atoms with Gasteiger partial charge in [0.15, 0.2) is 0 Å². The van der Waals surface area contributed by atoms with Crippen LogP contribution in [0.15, 0.2) is 52.7 Å². The Bertz CT molecular complexity index is 649. The lowest BCUT2D eigenvalue weighted by molar-refractivity contribution is -0.112. The number of ether oxygens (including phenoxy) is 1. The second kappa shape index (κ2) is 6.25. The van der Waals surface area contributed by atoms with E-state index in [9.17, 15) is 4.79 Å². The van der Waals surface area contributed by atoms with Crippen molar-refractivity contribution in [1.82, 2.24) is 0 Å². The molecule has 20 heavy (non-hydrogen) atoms. The Morgan fingerprint density at radius 2 is 2.10 bits per heavy atom. The van der Waals surface area contributed by atoms with Crippen molar-refractivity contribution in [2.45, 2.75) is 0 Å². The Balaban J connectivity index is 2.11. The van der Waals surface area contributed by atoms with Crippen LogP contribution in [0.25, 0.3) is 6.08 Å². The van der Waals surface area contributed by atoms with Crippen molar-refractivity contribution in [3.8, 4) is 11.8 Å². The van der Waals surface area contributed by atoms with Gasteiger partial charge in [-0.15, -0.1) is 0 Å². The third kappa shape index (κ3) is 3.27. The van der Waals surface area contributed by atoms with Crippen molar-refractivity contribution >= 4 is 17.7 Å². The molecule has 0 aliphatic rings. The highest BCUT2D eigenvalue weighted by molar-refractivity contribution is 6.09. The molecule has 100 valence electrons. The van der Waals surface area contributed by atoms with Crippen LogP contribution >= 0.6 is 0 Å². The number of benzene rings is 1. The summed E-state index contributed by atoms with van der Waals surface area (Å²) in [6.07, 6.45) is 2.86. The van der Waals surface area contributed by atoms with Gasteiger partial charge in [-0.3, -0.25) is 4.79 Å². The van der Waals surface area contributed by atoms with Gasteiger partial charge in [0.05, 0.1) is 13.4 Å². The van der Waals surface area contributed by atoms with Crippen molar-refractivity contribution in [3.63, 3.8) is 0 Å². The van der Waals surface area contributed by atoms with Crippen LogP contribution in [0.5, 0.6) is 5.75 Å². The maximum absolute atomic E-state index is 11.9. The van der Waals surface area contributed by atoms with Gasteiger partial charge in [0, 0.05) is 11.8 Å². The van der Waals surface area contributed by atoms with Crippen LogP contribution in [0.1, 0.15) is 5.76 Å². The minimum absolute atomic E-state index is 0.0317. The first kappa shape index (κ1) is 13.4. The number of amides is 1. The molecule has 1 aromatic carbocycles. The standard InChI is InChI=1S/C15H12N2O3/c1-19-13-6-4-12(5-7-13)17-15(18)11(10-16)9-14-3-2-8-20-14/h2-9H,1H3,(H,17,18)/b11-9+. The normalized spacial score (nSPS) is 10.7. The maximum Gasteiger partial charge on any atom is 0.266 e. The molecular weight excluding hydrogens is 256 g/mol. The predicted octanol–water partition coefficient (Wildman–Crippen LogP) is 2.83. The molecule has 1 heterocycles. The van der Waals surface area contributed by atoms with E-state index in [1.165, 1.54) is 12.3 Å². The lowest BCUT2D eigenvalue weighted by Crippen LogP contribution is -2.13. The molecule has 5 heteroatoms. The summed E-state index contributed by atoms with van der Waals surface area (Å²) in [6, 6.07) is 12.0. The average Bonchev–Trinajstić information content (AvgIpc) is 2.98. The maximum atomic E-state index is 11.9. The zero-order valence-electron chi connectivity index (χ0n) is 10.8. The van der Waals surface area contributed by atoms with Crippen LogP contribution < -0.4 is 10.1 Å². The number of anilines is 1. The summed E-state index contributed by atoms with van der Waals surface area (Å²) in [4.78, 5) is 11.9. The molecule has 0 atom stereocenters. The van der Waals surface area contributed by atoms with Gasteiger partial charge in [0.2, 0.25) is 0 Å². The third-order valence-electron chi connectivity index (χ3n) is 2.54. The van der Waals surface area contributed by atoms with Crippen molar-refractivity contribution in [1.29, 1.82) is 5.26 Å². The number of carbonyl (C=O) groups excluding carboxylic acids is 1. The predicted molar refractivity (Wildman–Crippen MR) is 73.9 cm³/mol. The van der Waals surface area contributed by atoms with Crippen LogP contribution in [-0.2, 0) is 4.79 Å². The lowest BCUT2D eigenvalue weighted by atomic mass is 10.2. The third-order valence-corrected chi connectivity index (χ3v) is 2.54. The highest BCUT2D eigenvalue weighted by Gasteiger charge is 2.10. The molecule has 0 radical (unpaired) electrons. The van der Waals surface area contributed by atoms with Crippen LogP contribution in [0.3, 0.4) is 0 Å². The molecule has 0 spiro atoms. The van der Waals surface area contributed by atoms with Crippen LogP contribution in [0.4, 0.5) is 5.69 Å². The molecular formula is C15H12N2O3. The summed E-state index contributed by atoms with van der Waals surface area (Å²) in [5, 5.41) is 11.6. The lowest BCUT2D eigenvalue weighted by Gasteiger charge is -2.05. The summed E-state index contributed by atoms with van der Waals surface area (Å²) in [5.74, 6) is 0.648. The first-order valence-electron chi connectivity index (χ1n) is 5.83. The van der Waals surface area contributed by atoms with E-state index < -0.39 is 5.91 Å². The van der Waals surface area contributed by atoms with Gasteiger partial charge in [-0.2, -0.15) is 5.26 Å². The number of carbonyl (C=O) groups is 1.